The summed E-state index contributed by atoms with van der Waals surface area (Å²) in [7, 11) is 0. The summed E-state index contributed by atoms with van der Waals surface area (Å²) < 4.78 is 8.56. The Labute approximate surface area is 255 Å². The molecule has 0 aliphatic carbocycles. The highest BCUT2D eigenvalue weighted by Crippen LogP contribution is 2.31. The zero-order valence-electron chi connectivity index (χ0n) is 25.4. The third-order valence-corrected chi connectivity index (χ3v) is 8.39. The molecule has 0 radical (unpaired) electrons. The molecule has 43 heavy (non-hydrogen) atoms. The van der Waals surface area contributed by atoms with E-state index in [1.165, 1.54) is 0 Å². The number of anilines is 2. The van der Waals surface area contributed by atoms with Crippen molar-refractivity contribution >= 4 is 50.0 Å². The molecule has 0 aliphatic rings. The van der Waals surface area contributed by atoms with Crippen molar-refractivity contribution in [2.45, 2.75) is 52.9 Å². The summed E-state index contributed by atoms with van der Waals surface area (Å²) in [6, 6.07) is 15.2. The SMILES string of the molecule is CCN(CC)CCNC(=O)CCc1ccc2c(c1)sc1nc(-c3ccc(NC(=O)Nc4cc(C(C)(C)C)on4)cc3)cn12. The number of likely N-dealkylation sites (N-methyl/N-ethyl adjacent to an activating group) is 1. The summed E-state index contributed by atoms with van der Waals surface area (Å²) in [5.41, 5.74) is 4.49. The molecule has 0 saturated heterocycles. The summed E-state index contributed by atoms with van der Waals surface area (Å²) in [4.78, 5) is 32.8. The van der Waals surface area contributed by atoms with Crippen LogP contribution in [0.3, 0.4) is 0 Å². The van der Waals surface area contributed by atoms with Gasteiger partial charge < -0.3 is 20.1 Å². The van der Waals surface area contributed by atoms with E-state index in [0.717, 1.165) is 51.6 Å². The van der Waals surface area contributed by atoms with Gasteiger partial charge in [-0.05, 0) is 49.3 Å². The average molecular weight is 602 g/mol. The number of thiazole rings is 1. The van der Waals surface area contributed by atoms with Gasteiger partial charge in [0.15, 0.2) is 10.8 Å². The minimum Gasteiger partial charge on any atom is -0.359 e. The van der Waals surface area contributed by atoms with Crippen LogP contribution in [0.25, 0.3) is 26.4 Å². The van der Waals surface area contributed by atoms with E-state index in [2.05, 4.69) is 62.5 Å². The first kappa shape index (κ1) is 30.2. The molecule has 0 aliphatic heterocycles. The second-order valence-electron chi connectivity index (χ2n) is 11.5. The number of nitrogens with one attached hydrogen (secondary N) is 3. The molecule has 3 amide bonds. The number of aryl methyl sites for hydroxylation is 1. The van der Waals surface area contributed by atoms with E-state index in [9.17, 15) is 9.59 Å². The second-order valence-corrected chi connectivity index (χ2v) is 12.6. The summed E-state index contributed by atoms with van der Waals surface area (Å²) in [6.45, 7) is 13.9. The second kappa shape index (κ2) is 13.0. The maximum absolute atomic E-state index is 12.4. The number of aromatic nitrogens is 3. The van der Waals surface area contributed by atoms with E-state index in [1.807, 2.05) is 51.2 Å². The quantitative estimate of drug-likeness (QED) is 0.158. The number of rotatable bonds is 11. The molecule has 3 aromatic heterocycles. The first-order chi connectivity index (χ1) is 20.6. The van der Waals surface area contributed by atoms with E-state index in [0.29, 0.717) is 36.7 Å². The van der Waals surface area contributed by atoms with Crippen LogP contribution in [-0.2, 0) is 16.6 Å². The number of urea groups is 1. The third kappa shape index (κ3) is 7.41. The Morgan fingerprint density at radius 1 is 1.02 bits per heavy atom. The number of amides is 3. The summed E-state index contributed by atoms with van der Waals surface area (Å²) in [6.07, 6.45) is 3.21. The normalized spacial score (nSPS) is 11.9. The van der Waals surface area contributed by atoms with Crippen molar-refractivity contribution < 1.29 is 14.1 Å². The van der Waals surface area contributed by atoms with Crippen LogP contribution in [0.4, 0.5) is 16.3 Å². The average Bonchev–Trinajstić information content (AvgIpc) is 3.69. The Hall–Kier alpha value is -4.22. The lowest BCUT2D eigenvalue weighted by Crippen LogP contribution is -2.34. The molecule has 2 aromatic carbocycles. The smallest absolute Gasteiger partial charge is 0.324 e. The summed E-state index contributed by atoms with van der Waals surface area (Å²) in [5.74, 6) is 1.15. The monoisotopic (exact) mass is 601 g/mol. The van der Waals surface area contributed by atoms with Crippen molar-refractivity contribution in [3.05, 3.63) is 66.1 Å². The fraction of sp³-hybridized carbons (Fsp3) is 0.375. The van der Waals surface area contributed by atoms with Crippen LogP contribution in [0.1, 0.15) is 52.4 Å². The summed E-state index contributed by atoms with van der Waals surface area (Å²) >= 11 is 1.63. The maximum atomic E-state index is 12.4. The van der Waals surface area contributed by atoms with Gasteiger partial charge >= 0.3 is 6.03 Å². The molecule has 226 valence electrons. The molecule has 0 saturated carbocycles. The molecule has 5 aromatic rings. The first-order valence-corrected chi connectivity index (χ1v) is 15.5. The number of fused-ring (bicyclic) bond motifs is 3. The van der Waals surface area contributed by atoms with Crippen molar-refractivity contribution in [3.8, 4) is 11.3 Å². The lowest BCUT2D eigenvalue weighted by Gasteiger charge is -2.17. The molecule has 0 fully saturated rings. The number of carbonyl (C=O) groups excluding carboxylic acids is 2. The van der Waals surface area contributed by atoms with E-state index >= 15 is 0 Å². The zero-order valence-corrected chi connectivity index (χ0v) is 26.2. The minimum absolute atomic E-state index is 0.0874. The highest BCUT2D eigenvalue weighted by atomic mass is 32.1. The van der Waals surface area contributed by atoms with E-state index < -0.39 is 6.03 Å². The largest absolute Gasteiger partial charge is 0.359 e. The third-order valence-electron chi connectivity index (χ3n) is 7.37. The minimum atomic E-state index is -0.397. The molecule has 0 unspecified atom stereocenters. The predicted octanol–water partition coefficient (Wildman–Crippen LogP) is 6.54. The first-order valence-electron chi connectivity index (χ1n) is 14.7. The van der Waals surface area contributed by atoms with Gasteiger partial charge in [0.1, 0.15) is 5.76 Å². The van der Waals surface area contributed by atoms with Gasteiger partial charge in [-0.1, -0.05) is 69.3 Å². The van der Waals surface area contributed by atoms with Crippen LogP contribution in [0.15, 0.2) is 59.3 Å². The van der Waals surface area contributed by atoms with Crippen LogP contribution < -0.4 is 16.0 Å². The van der Waals surface area contributed by atoms with Gasteiger partial charge in [0.2, 0.25) is 5.91 Å². The Balaban J connectivity index is 1.17. The van der Waals surface area contributed by atoms with E-state index in [1.54, 1.807) is 17.4 Å². The Morgan fingerprint density at radius 2 is 1.79 bits per heavy atom. The predicted molar refractivity (Wildman–Crippen MR) is 173 cm³/mol. The van der Waals surface area contributed by atoms with Gasteiger partial charge in [-0.15, -0.1) is 0 Å². The summed E-state index contributed by atoms with van der Waals surface area (Å²) in [5, 5.41) is 12.5. The van der Waals surface area contributed by atoms with Gasteiger partial charge in [-0.3, -0.25) is 14.5 Å². The van der Waals surface area contributed by atoms with Gasteiger partial charge in [-0.2, -0.15) is 0 Å². The van der Waals surface area contributed by atoms with Crippen LogP contribution in [0, 0.1) is 0 Å². The zero-order chi connectivity index (χ0) is 30.6. The van der Waals surface area contributed by atoms with Crippen LogP contribution in [0.2, 0.25) is 0 Å². The van der Waals surface area contributed by atoms with Crippen LogP contribution >= 0.6 is 11.3 Å². The lowest BCUT2D eigenvalue weighted by atomic mass is 9.93. The van der Waals surface area contributed by atoms with Crippen LogP contribution in [-0.4, -0.2) is 57.6 Å². The van der Waals surface area contributed by atoms with Crippen molar-refractivity contribution in [2.24, 2.45) is 0 Å². The molecule has 0 bridgehead atoms. The molecular weight excluding hydrogens is 562 g/mol. The molecule has 10 nitrogen and oxygen atoms in total. The molecule has 0 atom stereocenters. The highest BCUT2D eigenvalue weighted by molar-refractivity contribution is 7.23. The van der Waals surface area contributed by atoms with Gasteiger partial charge in [0, 0.05) is 48.4 Å². The molecular formula is C32H39N7O3S. The standard InChI is InChI=1S/C32H39N7O3S/c1-6-38(7-2)17-16-33-29(40)15-9-21-8-14-25-26(18-21)43-31-35-24(20-39(25)31)22-10-12-23(13-11-22)34-30(41)36-28-19-27(42-37-28)32(3,4)5/h8,10-14,18-20H,6-7,9,15-17H2,1-5H3,(H,33,40)(H2,34,36,37,41). The van der Waals surface area contributed by atoms with Gasteiger partial charge in [0.25, 0.3) is 0 Å². The van der Waals surface area contributed by atoms with Crippen molar-refractivity contribution in [1.29, 1.82) is 0 Å². The van der Waals surface area contributed by atoms with Gasteiger partial charge in [-0.25, -0.2) is 9.78 Å². The Kier molecular flexibility index (Phi) is 9.12. The number of carbonyl (C=O) groups is 2. The molecule has 11 heteroatoms. The van der Waals surface area contributed by atoms with E-state index in [4.69, 9.17) is 9.51 Å². The van der Waals surface area contributed by atoms with Gasteiger partial charge in [0.05, 0.1) is 15.9 Å². The van der Waals surface area contributed by atoms with Crippen LogP contribution in [0.5, 0.6) is 0 Å². The number of hydrogen-bond acceptors (Lipinski definition) is 7. The maximum Gasteiger partial charge on any atom is 0.324 e. The van der Waals surface area contributed by atoms with Crippen molar-refractivity contribution in [1.82, 2.24) is 24.8 Å². The Morgan fingerprint density at radius 3 is 2.49 bits per heavy atom. The molecule has 3 N–H and O–H groups in total. The number of nitrogens with zero attached hydrogens (tertiary/aromatic N) is 4. The van der Waals surface area contributed by atoms with Crippen molar-refractivity contribution in [2.75, 3.05) is 36.8 Å². The topological polar surface area (TPSA) is 117 Å². The fourth-order valence-corrected chi connectivity index (χ4v) is 5.84. The molecule has 0 spiro atoms. The van der Waals surface area contributed by atoms with E-state index in [-0.39, 0.29) is 11.3 Å². The lowest BCUT2D eigenvalue weighted by molar-refractivity contribution is -0.121. The number of benzene rings is 2. The molecule has 3 heterocycles. The number of hydrogen-bond donors (Lipinski definition) is 3. The highest BCUT2D eigenvalue weighted by Gasteiger charge is 2.20. The molecule has 5 rings (SSSR count). The Bertz CT molecular complexity index is 1710. The fourth-order valence-electron chi connectivity index (χ4n) is 4.77. The number of imidazole rings is 1. The van der Waals surface area contributed by atoms with Crippen molar-refractivity contribution in [3.63, 3.8) is 0 Å².